The third kappa shape index (κ3) is 4.32. The summed E-state index contributed by atoms with van der Waals surface area (Å²) in [6.45, 7) is 3.62. The average Bonchev–Trinajstić information content (AvgIpc) is 3.07. The van der Waals surface area contributed by atoms with E-state index in [1.54, 1.807) is 19.2 Å². The second kappa shape index (κ2) is 8.94. The molecule has 0 atom stereocenters. The molecule has 4 rings (SSSR count). The van der Waals surface area contributed by atoms with Crippen LogP contribution in [0.5, 0.6) is 0 Å². The number of benzene rings is 1. The van der Waals surface area contributed by atoms with Crippen LogP contribution in [-0.4, -0.2) is 48.3 Å². The van der Waals surface area contributed by atoms with Gasteiger partial charge in [0, 0.05) is 50.1 Å². The predicted molar refractivity (Wildman–Crippen MR) is 113 cm³/mol. The number of nitrogens with one attached hydrogen (secondary N) is 1. The van der Waals surface area contributed by atoms with Gasteiger partial charge in [0.15, 0.2) is 0 Å². The molecule has 1 saturated heterocycles. The van der Waals surface area contributed by atoms with Crippen molar-refractivity contribution in [1.29, 1.82) is 0 Å². The predicted octanol–water partition coefficient (Wildman–Crippen LogP) is 3.94. The zero-order chi connectivity index (χ0) is 19.3. The van der Waals surface area contributed by atoms with Crippen LogP contribution >= 0.6 is 11.9 Å². The molecule has 1 N–H and O–H groups in total. The third-order valence-corrected chi connectivity index (χ3v) is 6.04. The van der Waals surface area contributed by atoms with E-state index < -0.39 is 0 Å². The van der Waals surface area contributed by atoms with Crippen LogP contribution in [0.1, 0.15) is 12.8 Å². The Kier molecular flexibility index (Phi) is 6.14. The van der Waals surface area contributed by atoms with Gasteiger partial charge in [-0.3, -0.25) is 8.96 Å². The molecule has 2 aromatic heterocycles. The van der Waals surface area contributed by atoms with Crippen molar-refractivity contribution in [1.82, 2.24) is 14.3 Å². The van der Waals surface area contributed by atoms with Crippen LogP contribution in [0, 0.1) is 5.82 Å². The number of piperidine rings is 1. The minimum absolute atomic E-state index is 0.220. The van der Waals surface area contributed by atoms with Crippen LogP contribution in [0.2, 0.25) is 0 Å². The number of aromatic nitrogens is 2. The summed E-state index contributed by atoms with van der Waals surface area (Å²) >= 11 is 1.51. The number of nitrogens with zero attached hydrogens (tertiary/aromatic N) is 3. The number of ether oxygens (including phenoxy) is 1. The van der Waals surface area contributed by atoms with Crippen molar-refractivity contribution in [3.8, 4) is 0 Å². The van der Waals surface area contributed by atoms with E-state index in [0.717, 1.165) is 60.7 Å². The second-order valence-electron chi connectivity index (χ2n) is 6.97. The molecule has 1 aromatic carbocycles. The minimum atomic E-state index is -0.220. The summed E-state index contributed by atoms with van der Waals surface area (Å²) < 4.78 is 20.8. The number of halogens is 1. The topological polar surface area (TPSA) is 42.3 Å². The lowest BCUT2D eigenvalue weighted by molar-refractivity contribution is 0.193. The van der Waals surface area contributed by atoms with Crippen LogP contribution in [0.4, 0.5) is 10.1 Å². The van der Waals surface area contributed by atoms with Gasteiger partial charge in [0.1, 0.15) is 11.3 Å². The minimum Gasteiger partial charge on any atom is -0.383 e. The van der Waals surface area contributed by atoms with E-state index in [2.05, 4.69) is 31.4 Å². The summed E-state index contributed by atoms with van der Waals surface area (Å²) in [6, 6.07) is 11.2. The largest absolute Gasteiger partial charge is 0.383 e. The van der Waals surface area contributed by atoms with E-state index in [-0.39, 0.29) is 5.82 Å². The fraction of sp³-hybridized carbons (Fsp3) is 0.381. The highest BCUT2D eigenvalue weighted by Gasteiger charge is 2.22. The first-order valence-electron chi connectivity index (χ1n) is 9.62. The van der Waals surface area contributed by atoms with Crippen LogP contribution in [0.25, 0.3) is 11.0 Å². The molecule has 1 fully saturated rings. The summed E-state index contributed by atoms with van der Waals surface area (Å²) in [5.74, 6) is -0.220. The van der Waals surface area contributed by atoms with E-state index in [0.29, 0.717) is 6.04 Å². The van der Waals surface area contributed by atoms with Crippen LogP contribution in [0.3, 0.4) is 0 Å². The lowest BCUT2D eigenvalue weighted by Gasteiger charge is -2.33. The smallest absolute Gasteiger partial charge is 0.124 e. The van der Waals surface area contributed by atoms with E-state index in [4.69, 9.17) is 4.74 Å². The molecular weight excluding hydrogens is 375 g/mol. The van der Waals surface area contributed by atoms with Gasteiger partial charge < -0.3 is 15.0 Å². The quantitative estimate of drug-likeness (QED) is 0.609. The Morgan fingerprint density at radius 1 is 1.25 bits per heavy atom. The molecule has 0 saturated carbocycles. The molecule has 0 unspecified atom stereocenters. The molecule has 3 heterocycles. The fourth-order valence-corrected chi connectivity index (χ4v) is 4.58. The van der Waals surface area contributed by atoms with Crippen molar-refractivity contribution in [3.63, 3.8) is 0 Å². The molecule has 0 amide bonds. The molecule has 0 spiro atoms. The first-order chi connectivity index (χ1) is 13.7. The van der Waals surface area contributed by atoms with E-state index in [1.165, 1.54) is 18.0 Å². The first kappa shape index (κ1) is 19.2. The molecule has 3 aromatic rings. The van der Waals surface area contributed by atoms with Crippen molar-refractivity contribution >= 4 is 28.7 Å². The SMILES string of the molecule is COCCNC1CCN(c2cn(Sc3cccc(F)c3)c3cccnc23)CC1. The number of anilines is 1. The standard InChI is InChI=1S/C21H25FN4OS/c1-27-13-10-23-17-7-11-25(12-8-17)20-15-26(19-6-3-9-24-21(19)20)28-18-5-2-4-16(22)14-18/h2-6,9,14-15,17,23H,7-8,10-13H2,1H3. The van der Waals surface area contributed by atoms with Crippen molar-refractivity contribution in [2.45, 2.75) is 23.8 Å². The summed E-state index contributed by atoms with van der Waals surface area (Å²) in [6.07, 6.45) is 6.16. The number of hydrogen-bond acceptors (Lipinski definition) is 5. The monoisotopic (exact) mass is 400 g/mol. The van der Waals surface area contributed by atoms with Gasteiger partial charge in [0.2, 0.25) is 0 Å². The van der Waals surface area contributed by atoms with Gasteiger partial charge in [0.05, 0.1) is 17.8 Å². The van der Waals surface area contributed by atoms with Gasteiger partial charge in [0.25, 0.3) is 0 Å². The summed E-state index contributed by atoms with van der Waals surface area (Å²) in [4.78, 5) is 7.91. The first-order valence-corrected chi connectivity index (χ1v) is 10.4. The summed E-state index contributed by atoms with van der Waals surface area (Å²) in [7, 11) is 1.73. The van der Waals surface area contributed by atoms with Gasteiger partial charge in [-0.1, -0.05) is 6.07 Å². The molecule has 0 bridgehead atoms. The third-order valence-electron chi connectivity index (χ3n) is 5.08. The number of methoxy groups -OCH3 is 1. The maximum Gasteiger partial charge on any atom is 0.124 e. The molecule has 1 aliphatic rings. The highest BCUT2D eigenvalue weighted by molar-refractivity contribution is 7.98. The maximum atomic E-state index is 13.6. The van der Waals surface area contributed by atoms with E-state index >= 15 is 0 Å². The van der Waals surface area contributed by atoms with Gasteiger partial charge >= 0.3 is 0 Å². The molecular formula is C21H25FN4OS. The molecule has 1 aliphatic heterocycles. The zero-order valence-corrected chi connectivity index (χ0v) is 16.8. The molecule has 28 heavy (non-hydrogen) atoms. The van der Waals surface area contributed by atoms with Gasteiger partial charge in [-0.25, -0.2) is 4.39 Å². The lowest BCUT2D eigenvalue weighted by Crippen LogP contribution is -2.43. The number of pyridine rings is 1. The fourth-order valence-electron chi connectivity index (χ4n) is 3.65. The van der Waals surface area contributed by atoms with Crippen molar-refractivity contribution in [2.24, 2.45) is 0 Å². The summed E-state index contributed by atoms with van der Waals surface area (Å²) in [5.41, 5.74) is 3.19. The molecule has 5 nitrogen and oxygen atoms in total. The zero-order valence-electron chi connectivity index (χ0n) is 16.0. The maximum absolute atomic E-state index is 13.6. The Morgan fingerprint density at radius 3 is 2.89 bits per heavy atom. The Balaban J connectivity index is 1.52. The van der Waals surface area contributed by atoms with Gasteiger partial charge in [-0.15, -0.1) is 0 Å². The van der Waals surface area contributed by atoms with Crippen molar-refractivity contribution in [3.05, 3.63) is 54.6 Å². The molecule has 0 aliphatic carbocycles. The van der Waals surface area contributed by atoms with Gasteiger partial charge in [-0.2, -0.15) is 0 Å². The Bertz CT molecular complexity index is 924. The number of rotatable bonds is 7. The summed E-state index contributed by atoms with van der Waals surface area (Å²) in [5, 5.41) is 3.56. The van der Waals surface area contributed by atoms with E-state index in [1.807, 2.05) is 18.3 Å². The van der Waals surface area contributed by atoms with Crippen molar-refractivity contribution < 1.29 is 9.13 Å². The lowest BCUT2D eigenvalue weighted by atomic mass is 10.0. The number of hydrogen-bond donors (Lipinski definition) is 1. The van der Waals surface area contributed by atoms with Gasteiger partial charge in [-0.05, 0) is 55.1 Å². The number of fused-ring (bicyclic) bond motifs is 1. The van der Waals surface area contributed by atoms with Crippen LogP contribution in [0.15, 0.2) is 53.7 Å². The van der Waals surface area contributed by atoms with Crippen molar-refractivity contribution in [2.75, 3.05) is 38.3 Å². The molecule has 7 heteroatoms. The second-order valence-corrected chi connectivity index (χ2v) is 8.02. The molecule has 0 radical (unpaired) electrons. The highest BCUT2D eigenvalue weighted by Crippen LogP contribution is 2.34. The van der Waals surface area contributed by atoms with E-state index in [9.17, 15) is 4.39 Å². The molecule has 148 valence electrons. The van der Waals surface area contributed by atoms with Crippen LogP contribution < -0.4 is 10.2 Å². The highest BCUT2D eigenvalue weighted by atomic mass is 32.2. The van der Waals surface area contributed by atoms with Crippen LogP contribution in [-0.2, 0) is 4.74 Å². The Labute approximate surface area is 169 Å². The Morgan fingerprint density at radius 2 is 2.11 bits per heavy atom. The normalized spacial score (nSPS) is 15.4. The Hall–Kier alpha value is -2.09. The average molecular weight is 401 g/mol.